The number of rotatable bonds is 5. The molecule has 0 saturated carbocycles. The van der Waals surface area contributed by atoms with Crippen LogP contribution in [-0.2, 0) is 14.8 Å². The normalized spacial score (nSPS) is 16.0. The number of hydrogen-bond acceptors (Lipinski definition) is 7. The molecule has 2 N–H and O–H groups in total. The zero-order chi connectivity index (χ0) is 21.5. The number of carbonyl (C=O) groups excluding carboxylic acids is 2. The first-order valence-corrected chi connectivity index (χ1v) is 11.3. The standard InChI is InChI=1S/C20H17N3O5S2/c1-11(2)23-30(26,27)15-5-3-12(4-6-15)16-10-21-9-13-7-14(28-18(13)16)8-17-19(24)22-20(25)29-17/h3-11,23H,1-2H3,(H,22,24,25). The molecule has 1 saturated heterocycles. The van der Waals surface area contributed by atoms with Gasteiger partial charge in [0.05, 0.1) is 9.80 Å². The fourth-order valence-corrected chi connectivity index (χ4v) is 4.91. The van der Waals surface area contributed by atoms with Crippen LogP contribution in [0.1, 0.15) is 19.6 Å². The molecule has 0 bridgehead atoms. The van der Waals surface area contributed by atoms with Gasteiger partial charge < -0.3 is 4.42 Å². The van der Waals surface area contributed by atoms with Crippen LogP contribution in [0.4, 0.5) is 4.79 Å². The Morgan fingerprint density at radius 3 is 2.53 bits per heavy atom. The molecule has 0 unspecified atom stereocenters. The van der Waals surface area contributed by atoms with Crippen molar-refractivity contribution in [2.24, 2.45) is 0 Å². The maximum Gasteiger partial charge on any atom is 0.290 e. The Labute approximate surface area is 176 Å². The lowest BCUT2D eigenvalue weighted by Gasteiger charge is -2.10. The SMILES string of the molecule is CC(C)NS(=O)(=O)c1ccc(-c2cncc3cc(C=C4SC(=O)NC4=O)oc23)cc1. The Morgan fingerprint density at radius 1 is 1.17 bits per heavy atom. The van der Waals surface area contributed by atoms with E-state index in [1.54, 1.807) is 44.4 Å². The van der Waals surface area contributed by atoms with Gasteiger partial charge in [-0.15, -0.1) is 0 Å². The summed E-state index contributed by atoms with van der Waals surface area (Å²) >= 11 is 0.810. The van der Waals surface area contributed by atoms with Gasteiger partial charge in [0.25, 0.3) is 11.1 Å². The summed E-state index contributed by atoms with van der Waals surface area (Å²) in [6, 6.07) is 7.93. The lowest BCUT2D eigenvalue weighted by Crippen LogP contribution is -2.30. The molecule has 0 radical (unpaired) electrons. The van der Waals surface area contributed by atoms with Crippen molar-refractivity contribution >= 4 is 50.0 Å². The van der Waals surface area contributed by atoms with Crippen LogP contribution in [0.5, 0.6) is 0 Å². The Kier molecular flexibility index (Phi) is 5.22. The zero-order valence-electron chi connectivity index (χ0n) is 16.0. The van der Waals surface area contributed by atoms with E-state index in [0.29, 0.717) is 22.3 Å². The topological polar surface area (TPSA) is 118 Å². The van der Waals surface area contributed by atoms with Gasteiger partial charge in [0.15, 0.2) is 0 Å². The van der Waals surface area contributed by atoms with Crippen LogP contribution in [0, 0.1) is 0 Å². The minimum atomic E-state index is -3.58. The molecule has 0 aliphatic carbocycles. The number of fused-ring (bicyclic) bond motifs is 1. The Balaban J connectivity index is 1.70. The first-order valence-electron chi connectivity index (χ1n) is 8.98. The summed E-state index contributed by atoms with van der Waals surface area (Å²) < 4.78 is 33.1. The van der Waals surface area contributed by atoms with Gasteiger partial charge in [0.2, 0.25) is 10.0 Å². The van der Waals surface area contributed by atoms with Crippen LogP contribution in [0.3, 0.4) is 0 Å². The number of thioether (sulfide) groups is 1. The number of nitrogens with zero attached hydrogens (tertiary/aromatic N) is 1. The largest absolute Gasteiger partial charge is 0.456 e. The Morgan fingerprint density at radius 2 is 1.90 bits per heavy atom. The van der Waals surface area contributed by atoms with Crippen molar-refractivity contribution in [3.05, 3.63) is 53.4 Å². The third kappa shape index (κ3) is 4.02. The van der Waals surface area contributed by atoms with Gasteiger partial charge in [0.1, 0.15) is 11.3 Å². The highest BCUT2D eigenvalue weighted by atomic mass is 32.2. The molecule has 1 aliphatic rings. The van der Waals surface area contributed by atoms with Gasteiger partial charge >= 0.3 is 0 Å². The number of imide groups is 1. The van der Waals surface area contributed by atoms with Gasteiger partial charge in [-0.05, 0) is 49.4 Å². The second-order valence-electron chi connectivity index (χ2n) is 6.91. The fraction of sp³-hybridized carbons (Fsp3) is 0.150. The predicted molar refractivity (Wildman–Crippen MR) is 114 cm³/mol. The minimum Gasteiger partial charge on any atom is -0.456 e. The monoisotopic (exact) mass is 443 g/mol. The predicted octanol–water partition coefficient (Wildman–Crippen LogP) is 3.51. The zero-order valence-corrected chi connectivity index (χ0v) is 17.6. The summed E-state index contributed by atoms with van der Waals surface area (Å²) in [5, 5.41) is 2.49. The molecule has 30 heavy (non-hydrogen) atoms. The van der Waals surface area contributed by atoms with Crippen molar-refractivity contribution in [3.8, 4) is 11.1 Å². The first-order chi connectivity index (χ1) is 14.2. The molecule has 1 aromatic carbocycles. The van der Waals surface area contributed by atoms with Crippen molar-refractivity contribution in [3.63, 3.8) is 0 Å². The molecule has 0 atom stereocenters. The molecular formula is C20H17N3O5S2. The second-order valence-corrected chi connectivity index (χ2v) is 9.64. The lowest BCUT2D eigenvalue weighted by molar-refractivity contribution is -0.115. The molecule has 10 heteroatoms. The second kappa shape index (κ2) is 7.71. The average molecular weight is 444 g/mol. The van der Waals surface area contributed by atoms with Crippen LogP contribution < -0.4 is 10.0 Å². The van der Waals surface area contributed by atoms with E-state index >= 15 is 0 Å². The van der Waals surface area contributed by atoms with Gasteiger partial charge in [-0.3, -0.25) is 19.9 Å². The van der Waals surface area contributed by atoms with Crippen molar-refractivity contribution in [1.82, 2.24) is 15.0 Å². The van der Waals surface area contributed by atoms with Crippen LogP contribution in [-0.4, -0.2) is 30.6 Å². The molecule has 4 rings (SSSR count). The molecular weight excluding hydrogens is 426 g/mol. The third-order valence-corrected chi connectivity index (χ3v) is 6.71. The molecule has 1 aliphatic heterocycles. The molecule has 3 heterocycles. The molecule has 154 valence electrons. The third-order valence-electron chi connectivity index (χ3n) is 4.22. The van der Waals surface area contributed by atoms with Crippen LogP contribution in [0.25, 0.3) is 28.2 Å². The number of amides is 2. The molecule has 1 fully saturated rings. The summed E-state index contributed by atoms with van der Waals surface area (Å²) in [5.74, 6) is -0.0532. The summed E-state index contributed by atoms with van der Waals surface area (Å²) in [6.45, 7) is 3.51. The maximum absolute atomic E-state index is 12.3. The Bertz CT molecular complexity index is 1290. The number of aromatic nitrogens is 1. The number of nitrogens with one attached hydrogen (secondary N) is 2. The highest BCUT2D eigenvalue weighted by Crippen LogP contribution is 2.33. The van der Waals surface area contributed by atoms with Crippen molar-refractivity contribution < 1.29 is 22.4 Å². The quantitative estimate of drug-likeness (QED) is 0.579. The summed E-state index contributed by atoms with van der Waals surface area (Å²) in [6.07, 6.45) is 4.75. The van der Waals surface area contributed by atoms with Crippen LogP contribution >= 0.6 is 11.8 Å². The van der Waals surface area contributed by atoms with E-state index in [0.717, 1.165) is 17.3 Å². The van der Waals surface area contributed by atoms with E-state index in [1.165, 1.54) is 18.2 Å². The Hall–Kier alpha value is -2.95. The van der Waals surface area contributed by atoms with Gasteiger partial charge in [-0.1, -0.05) is 12.1 Å². The average Bonchev–Trinajstić information content (AvgIpc) is 3.22. The van der Waals surface area contributed by atoms with E-state index in [9.17, 15) is 18.0 Å². The van der Waals surface area contributed by atoms with E-state index in [4.69, 9.17) is 4.42 Å². The van der Waals surface area contributed by atoms with Gasteiger partial charge in [-0.25, -0.2) is 13.1 Å². The number of hydrogen-bond donors (Lipinski definition) is 2. The van der Waals surface area contributed by atoms with E-state index < -0.39 is 21.2 Å². The number of pyridine rings is 1. The number of carbonyl (C=O) groups is 2. The molecule has 3 aromatic rings. The molecule has 8 nitrogen and oxygen atoms in total. The summed E-state index contributed by atoms with van der Waals surface area (Å²) in [7, 11) is -3.58. The highest BCUT2D eigenvalue weighted by molar-refractivity contribution is 8.18. The van der Waals surface area contributed by atoms with E-state index in [2.05, 4.69) is 15.0 Å². The lowest BCUT2D eigenvalue weighted by atomic mass is 10.1. The fourth-order valence-electron chi connectivity index (χ4n) is 3.00. The van der Waals surface area contributed by atoms with Crippen molar-refractivity contribution in [2.75, 3.05) is 0 Å². The number of sulfonamides is 1. The highest BCUT2D eigenvalue weighted by Gasteiger charge is 2.25. The van der Waals surface area contributed by atoms with Gasteiger partial charge in [0, 0.05) is 35.5 Å². The van der Waals surface area contributed by atoms with Crippen LogP contribution in [0.15, 0.2) is 56.9 Å². The van der Waals surface area contributed by atoms with E-state index in [1.807, 2.05) is 0 Å². The smallest absolute Gasteiger partial charge is 0.290 e. The summed E-state index contributed by atoms with van der Waals surface area (Å²) in [4.78, 5) is 27.7. The maximum atomic E-state index is 12.3. The number of furan rings is 1. The van der Waals surface area contributed by atoms with Crippen molar-refractivity contribution in [1.29, 1.82) is 0 Å². The number of benzene rings is 1. The molecule has 0 spiro atoms. The first kappa shape index (κ1) is 20.3. The van der Waals surface area contributed by atoms with Gasteiger partial charge in [-0.2, -0.15) is 0 Å². The molecule has 2 amide bonds. The minimum absolute atomic E-state index is 0.166. The van der Waals surface area contributed by atoms with Crippen molar-refractivity contribution in [2.45, 2.75) is 24.8 Å². The van der Waals surface area contributed by atoms with E-state index in [-0.39, 0.29) is 15.8 Å². The van der Waals surface area contributed by atoms with Crippen LogP contribution in [0.2, 0.25) is 0 Å². The molecule has 2 aromatic heterocycles. The summed E-state index contributed by atoms with van der Waals surface area (Å²) in [5.41, 5.74) is 1.95.